The number of rotatable bonds is 5. The first-order chi connectivity index (χ1) is 10.4. The Morgan fingerprint density at radius 2 is 1.77 bits per heavy atom. The molecule has 0 amide bonds. The van der Waals surface area contributed by atoms with Crippen LogP contribution in [0, 0.1) is 0 Å². The molecule has 116 valence electrons. The van der Waals surface area contributed by atoms with Crippen molar-refractivity contribution >= 4 is 5.97 Å². The molecule has 0 aliphatic carbocycles. The summed E-state index contributed by atoms with van der Waals surface area (Å²) in [5, 5.41) is 12.2. The van der Waals surface area contributed by atoms with Gasteiger partial charge >= 0.3 is 5.97 Å². The molecule has 0 spiro atoms. The van der Waals surface area contributed by atoms with Crippen molar-refractivity contribution in [3.63, 3.8) is 0 Å². The molecule has 0 bridgehead atoms. The van der Waals surface area contributed by atoms with Gasteiger partial charge in [-0.2, -0.15) is 0 Å². The van der Waals surface area contributed by atoms with Crippen molar-refractivity contribution in [3.05, 3.63) is 59.2 Å². The van der Waals surface area contributed by atoms with Gasteiger partial charge in [0, 0.05) is 36.5 Å². The van der Waals surface area contributed by atoms with Crippen LogP contribution in [0.5, 0.6) is 0 Å². The van der Waals surface area contributed by atoms with Gasteiger partial charge in [-0.1, -0.05) is 32.9 Å². The van der Waals surface area contributed by atoms with Crippen molar-refractivity contribution in [2.45, 2.75) is 39.3 Å². The first-order valence-corrected chi connectivity index (χ1v) is 7.20. The minimum atomic E-state index is -0.909. The van der Waals surface area contributed by atoms with Gasteiger partial charge in [0.2, 0.25) is 0 Å². The Hall–Kier alpha value is -2.27. The molecule has 0 saturated heterocycles. The van der Waals surface area contributed by atoms with E-state index in [0.717, 1.165) is 17.0 Å². The van der Waals surface area contributed by atoms with E-state index in [0.29, 0.717) is 18.7 Å². The van der Waals surface area contributed by atoms with E-state index in [9.17, 15) is 4.79 Å². The van der Waals surface area contributed by atoms with Gasteiger partial charge in [-0.3, -0.25) is 0 Å². The number of aromatic nitrogens is 2. The van der Waals surface area contributed by atoms with E-state index in [4.69, 9.17) is 5.11 Å². The molecule has 1 aromatic carbocycles. The van der Waals surface area contributed by atoms with E-state index in [2.05, 4.69) is 36.1 Å². The molecule has 2 rings (SSSR count). The molecule has 0 radical (unpaired) electrons. The maximum Gasteiger partial charge on any atom is 0.335 e. The molecule has 5 nitrogen and oxygen atoms in total. The second-order valence-electron chi connectivity index (χ2n) is 6.27. The average Bonchev–Trinajstić information content (AvgIpc) is 2.47. The first-order valence-electron chi connectivity index (χ1n) is 7.20. The molecule has 22 heavy (non-hydrogen) atoms. The van der Waals surface area contributed by atoms with Gasteiger partial charge in [-0.15, -0.1) is 0 Å². The third kappa shape index (κ3) is 4.36. The minimum absolute atomic E-state index is 0.0524. The number of hydrogen-bond donors (Lipinski definition) is 2. The maximum absolute atomic E-state index is 10.9. The molecule has 0 aliphatic heterocycles. The summed E-state index contributed by atoms with van der Waals surface area (Å²) in [4.78, 5) is 19.7. The number of carbonyl (C=O) groups is 1. The monoisotopic (exact) mass is 299 g/mol. The molecule has 2 N–H and O–H groups in total. The number of nitrogens with zero attached hydrogens (tertiary/aromatic N) is 2. The summed E-state index contributed by atoms with van der Waals surface area (Å²) in [7, 11) is 0. The van der Waals surface area contributed by atoms with Gasteiger partial charge in [0.05, 0.1) is 5.56 Å². The van der Waals surface area contributed by atoms with Crippen molar-refractivity contribution in [2.24, 2.45) is 0 Å². The lowest BCUT2D eigenvalue weighted by Gasteiger charge is -2.16. The standard InChI is InChI=1S/C17H21N3O2/c1-17(2,3)16-19-10-13(11-20-16)9-18-8-12-5-4-6-14(7-12)15(21)22/h4-7,10-11,18H,8-9H2,1-3H3,(H,21,22). The summed E-state index contributed by atoms with van der Waals surface area (Å²) in [6.07, 6.45) is 3.66. The zero-order valence-electron chi connectivity index (χ0n) is 13.1. The number of carboxylic acid groups (broad SMARTS) is 1. The van der Waals surface area contributed by atoms with Crippen LogP contribution in [-0.2, 0) is 18.5 Å². The van der Waals surface area contributed by atoms with E-state index in [1.165, 1.54) is 0 Å². The molecule has 0 saturated carbocycles. The fraction of sp³-hybridized carbons (Fsp3) is 0.353. The van der Waals surface area contributed by atoms with E-state index < -0.39 is 5.97 Å². The van der Waals surface area contributed by atoms with Crippen LogP contribution in [0.25, 0.3) is 0 Å². The summed E-state index contributed by atoms with van der Waals surface area (Å²) in [6.45, 7) is 7.48. The van der Waals surface area contributed by atoms with Crippen molar-refractivity contribution in [2.75, 3.05) is 0 Å². The SMILES string of the molecule is CC(C)(C)c1ncc(CNCc2cccc(C(=O)O)c2)cn1. The van der Waals surface area contributed by atoms with E-state index >= 15 is 0 Å². The molecule has 5 heteroatoms. The van der Waals surface area contributed by atoms with Crippen LogP contribution in [0.3, 0.4) is 0 Å². The zero-order valence-corrected chi connectivity index (χ0v) is 13.1. The molecule has 0 atom stereocenters. The quantitative estimate of drug-likeness (QED) is 0.888. The lowest BCUT2D eigenvalue weighted by molar-refractivity contribution is 0.0696. The Morgan fingerprint density at radius 1 is 1.14 bits per heavy atom. The highest BCUT2D eigenvalue weighted by atomic mass is 16.4. The van der Waals surface area contributed by atoms with E-state index in [1.807, 2.05) is 18.5 Å². The summed E-state index contributed by atoms with van der Waals surface area (Å²) in [5.41, 5.74) is 2.19. The lowest BCUT2D eigenvalue weighted by atomic mass is 9.96. The van der Waals surface area contributed by atoms with Crippen LogP contribution in [0.2, 0.25) is 0 Å². The molecule has 1 heterocycles. The van der Waals surface area contributed by atoms with Crippen LogP contribution in [0.15, 0.2) is 36.7 Å². The van der Waals surface area contributed by atoms with Crippen LogP contribution in [-0.4, -0.2) is 21.0 Å². The summed E-state index contributed by atoms with van der Waals surface area (Å²) in [5.74, 6) is -0.0848. The number of benzene rings is 1. The molecule has 0 fully saturated rings. The number of nitrogens with one attached hydrogen (secondary N) is 1. The van der Waals surface area contributed by atoms with Crippen molar-refractivity contribution in [3.8, 4) is 0 Å². The van der Waals surface area contributed by atoms with Gasteiger partial charge in [-0.25, -0.2) is 14.8 Å². The maximum atomic E-state index is 10.9. The second-order valence-corrected chi connectivity index (χ2v) is 6.27. The van der Waals surface area contributed by atoms with Crippen molar-refractivity contribution in [1.82, 2.24) is 15.3 Å². The van der Waals surface area contributed by atoms with E-state index in [-0.39, 0.29) is 5.41 Å². The summed E-state index contributed by atoms with van der Waals surface area (Å²) < 4.78 is 0. The van der Waals surface area contributed by atoms with Gasteiger partial charge in [0.25, 0.3) is 0 Å². The van der Waals surface area contributed by atoms with Crippen LogP contribution < -0.4 is 5.32 Å². The van der Waals surface area contributed by atoms with Gasteiger partial charge < -0.3 is 10.4 Å². The predicted octanol–water partition coefficient (Wildman–Crippen LogP) is 2.76. The Labute approximate surface area is 130 Å². The van der Waals surface area contributed by atoms with Crippen LogP contribution in [0.1, 0.15) is 48.1 Å². The topological polar surface area (TPSA) is 75.1 Å². The molecular formula is C17H21N3O2. The zero-order chi connectivity index (χ0) is 16.2. The Morgan fingerprint density at radius 3 is 2.36 bits per heavy atom. The Kier molecular flexibility index (Phi) is 4.88. The molecule has 2 aromatic rings. The van der Waals surface area contributed by atoms with Crippen LogP contribution in [0.4, 0.5) is 0 Å². The van der Waals surface area contributed by atoms with Gasteiger partial charge in [-0.05, 0) is 17.7 Å². The highest BCUT2D eigenvalue weighted by molar-refractivity contribution is 5.87. The highest BCUT2D eigenvalue weighted by Gasteiger charge is 2.16. The highest BCUT2D eigenvalue weighted by Crippen LogP contribution is 2.17. The number of aromatic carboxylic acids is 1. The summed E-state index contributed by atoms with van der Waals surface area (Å²) >= 11 is 0. The van der Waals surface area contributed by atoms with Crippen molar-refractivity contribution < 1.29 is 9.90 Å². The Balaban J connectivity index is 1.91. The van der Waals surface area contributed by atoms with E-state index in [1.54, 1.807) is 18.2 Å². The van der Waals surface area contributed by atoms with Gasteiger partial charge in [0.15, 0.2) is 0 Å². The normalized spacial score (nSPS) is 11.4. The second kappa shape index (κ2) is 6.66. The fourth-order valence-corrected chi connectivity index (χ4v) is 2.00. The largest absolute Gasteiger partial charge is 0.478 e. The molecular weight excluding hydrogens is 278 g/mol. The number of hydrogen-bond acceptors (Lipinski definition) is 4. The Bertz CT molecular complexity index is 646. The lowest BCUT2D eigenvalue weighted by Crippen LogP contribution is -2.17. The minimum Gasteiger partial charge on any atom is -0.478 e. The average molecular weight is 299 g/mol. The van der Waals surface area contributed by atoms with Crippen LogP contribution >= 0.6 is 0 Å². The fourth-order valence-electron chi connectivity index (χ4n) is 2.00. The molecule has 0 unspecified atom stereocenters. The smallest absolute Gasteiger partial charge is 0.335 e. The van der Waals surface area contributed by atoms with Crippen molar-refractivity contribution in [1.29, 1.82) is 0 Å². The summed E-state index contributed by atoms with van der Waals surface area (Å²) in [6, 6.07) is 6.92. The predicted molar refractivity (Wildman–Crippen MR) is 84.7 cm³/mol. The first kappa shape index (κ1) is 16.1. The molecule has 0 aliphatic rings. The third-order valence-electron chi connectivity index (χ3n) is 3.21. The molecule has 1 aromatic heterocycles. The van der Waals surface area contributed by atoms with Gasteiger partial charge in [0.1, 0.15) is 5.82 Å². The number of carboxylic acids is 1. The third-order valence-corrected chi connectivity index (χ3v) is 3.21.